The molecule has 3 fully saturated rings. The lowest BCUT2D eigenvalue weighted by molar-refractivity contribution is 0.456. The predicted octanol–water partition coefficient (Wildman–Crippen LogP) is 0.565. The molecule has 3 nitrogen and oxygen atoms in total. The Morgan fingerprint density at radius 3 is 2.46 bits per heavy atom. The molecule has 0 aromatic heterocycles. The summed E-state index contributed by atoms with van der Waals surface area (Å²) in [6.45, 7) is 0. The maximum Gasteiger partial charge on any atom is 0.188 e. The molecule has 4 atom stereocenters. The number of rotatable bonds is 1. The van der Waals surface area contributed by atoms with Gasteiger partial charge < -0.3 is 11.1 Å². The van der Waals surface area contributed by atoms with Crippen molar-refractivity contribution in [3.8, 4) is 0 Å². The molecule has 3 aliphatic rings. The Morgan fingerprint density at radius 1 is 1.31 bits per heavy atom. The number of guanidine groups is 1. The average molecular weight is 179 g/mol. The van der Waals surface area contributed by atoms with Crippen LogP contribution in [-0.2, 0) is 0 Å². The zero-order chi connectivity index (χ0) is 9.00. The van der Waals surface area contributed by atoms with Crippen LogP contribution in [0.5, 0.6) is 0 Å². The maximum atomic E-state index is 5.67. The van der Waals surface area contributed by atoms with Gasteiger partial charge in [-0.25, -0.2) is 0 Å². The molecule has 0 spiro atoms. The smallest absolute Gasteiger partial charge is 0.188 e. The molecule has 0 heterocycles. The van der Waals surface area contributed by atoms with Crippen LogP contribution in [0.15, 0.2) is 4.99 Å². The van der Waals surface area contributed by atoms with E-state index in [9.17, 15) is 0 Å². The topological polar surface area (TPSA) is 50.4 Å². The third-order valence-electron chi connectivity index (χ3n) is 4.29. The Hall–Kier alpha value is -0.730. The van der Waals surface area contributed by atoms with E-state index in [1.807, 2.05) is 0 Å². The summed E-state index contributed by atoms with van der Waals surface area (Å²) in [4.78, 5) is 3.95. The van der Waals surface area contributed by atoms with E-state index in [2.05, 4.69) is 10.3 Å². The summed E-state index contributed by atoms with van der Waals surface area (Å²) in [7, 11) is 1.75. The maximum absolute atomic E-state index is 5.67. The van der Waals surface area contributed by atoms with Crippen LogP contribution in [0.2, 0.25) is 0 Å². The van der Waals surface area contributed by atoms with Crippen LogP contribution in [0, 0.1) is 23.7 Å². The molecule has 3 saturated carbocycles. The largest absolute Gasteiger partial charge is 0.370 e. The van der Waals surface area contributed by atoms with Gasteiger partial charge in [-0.3, -0.25) is 4.99 Å². The zero-order valence-corrected chi connectivity index (χ0v) is 8.03. The molecule has 4 unspecified atom stereocenters. The fraction of sp³-hybridized carbons (Fsp3) is 0.900. The molecule has 13 heavy (non-hydrogen) atoms. The van der Waals surface area contributed by atoms with Crippen LogP contribution >= 0.6 is 0 Å². The molecule has 3 N–H and O–H groups in total. The summed E-state index contributed by atoms with van der Waals surface area (Å²) < 4.78 is 0. The minimum atomic E-state index is 0.624. The Balaban J connectivity index is 1.67. The van der Waals surface area contributed by atoms with Gasteiger partial charge in [0.2, 0.25) is 0 Å². The molecule has 3 heteroatoms. The van der Waals surface area contributed by atoms with E-state index in [-0.39, 0.29) is 0 Å². The molecule has 0 saturated heterocycles. The number of hydrogen-bond donors (Lipinski definition) is 2. The van der Waals surface area contributed by atoms with Crippen molar-refractivity contribution in [2.24, 2.45) is 34.4 Å². The Bertz CT molecular complexity index is 245. The van der Waals surface area contributed by atoms with Gasteiger partial charge in [-0.05, 0) is 42.9 Å². The van der Waals surface area contributed by atoms with Gasteiger partial charge in [0.1, 0.15) is 0 Å². The van der Waals surface area contributed by atoms with E-state index in [0.29, 0.717) is 12.0 Å². The number of aliphatic imine (C=N–C) groups is 1. The highest BCUT2D eigenvalue weighted by atomic mass is 15.1. The van der Waals surface area contributed by atoms with Crippen molar-refractivity contribution in [2.75, 3.05) is 7.05 Å². The summed E-state index contributed by atoms with van der Waals surface area (Å²) in [6.07, 6.45) is 4.43. The highest BCUT2D eigenvalue weighted by Crippen LogP contribution is 2.65. The van der Waals surface area contributed by atoms with Crippen LogP contribution in [0.1, 0.15) is 19.3 Å². The fourth-order valence-electron chi connectivity index (χ4n) is 3.75. The lowest BCUT2D eigenvalue weighted by Crippen LogP contribution is -2.36. The van der Waals surface area contributed by atoms with Crippen LogP contribution in [0.4, 0.5) is 0 Å². The fourth-order valence-corrected chi connectivity index (χ4v) is 3.75. The van der Waals surface area contributed by atoms with E-state index in [0.717, 1.165) is 23.7 Å². The predicted molar refractivity (Wildman–Crippen MR) is 52.3 cm³/mol. The minimum absolute atomic E-state index is 0.624. The lowest BCUT2D eigenvalue weighted by Gasteiger charge is -2.10. The monoisotopic (exact) mass is 179 g/mol. The third-order valence-corrected chi connectivity index (χ3v) is 4.29. The molecule has 0 aliphatic heterocycles. The molecule has 0 aromatic rings. The molecular weight excluding hydrogens is 162 g/mol. The lowest BCUT2D eigenvalue weighted by atomic mass is 10.0. The number of nitrogens with zero attached hydrogens (tertiary/aromatic N) is 1. The van der Waals surface area contributed by atoms with E-state index in [1.165, 1.54) is 19.3 Å². The van der Waals surface area contributed by atoms with Gasteiger partial charge in [0, 0.05) is 13.1 Å². The summed E-state index contributed by atoms with van der Waals surface area (Å²) in [6, 6.07) is 0.676. The van der Waals surface area contributed by atoms with Crippen molar-refractivity contribution in [3.05, 3.63) is 0 Å². The van der Waals surface area contributed by atoms with Gasteiger partial charge in [-0.2, -0.15) is 0 Å². The second-order valence-corrected chi connectivity index (χ2v) is 4.77. The van der Waals surface area contributed by atoms with Gasteiger partial charge in [-0.15, -0.1) is 0 Å². The molecule has 0 radical (unpaired) electrons. The first kappa shape index (κ1) is 7.65. The summed E-state index contributed by atoms with van der Waals surface area (Å²) >= 11 is 0. The number of hydrogen-bond acceptors (Lipinski definition) is 1. The van der Waals surface area contributed by atoms with Crippen molar-refractivity contribution in [1.82, 2.24) is 5.32 Å². The van der Waals surface area contributed by atoms with Crippen LogP contribution in [-0.4, -0.2) is 19.0 Å². The van der Waals surface area contributed by atoms with Gasteiger partial charge in [0.15, 0.2) is 5.96 Å². The van der Waals surface area contributed by atoms with Crippen molar-refractivity contribution in [3.63, 3.8) is 0 Å². The van der Waals surface area contributed by atoms with E-state index < -0.39 is 0 Å². The summed E-state index contributed by atoms with van der Waals surface area (Å²) in [5.74, 6) is 4.53. The van der Waals surface area contributed by atoms with Gasteiger partial charge >= 0.3 is 0 Å². The van der Waals surface area contributed by atoms with Gasteiger partial charge in [-0.1, -0.05) is 0 Å². The van der Waals surface area contributed by atoms with Crippen LogP contribution in [0.3, 0.4) is 0 Å². The standard InChI is InChI=1S/C10H17N3/c1-12-10(11)13-9-7-5-2-3-6(4-5)8(7)9/h5-9H,2-4H2,1H3,(H3,11,12,13). The summed E-state index contributed by atoms with van der Waals surface area (Å²) in [5, 5.41) is 3.33. The first-order chi connectivity index (χ1) is 6.31. The number of fused-ring (bicyclic) bond motifs is 5. The number of nitrogens with two attached hydrogens (primary N) is 1. The van der Waals surface area contributed by atoms with E-state index in [4.69, 9.17) is 5.73 Å². The minimum Gasteiger partial charge on any atom is -0.370 e. The Morgan fingerprint density at radius 2 is 1.92 bits per heavy atom. The molecule has 0 aromatic carbocycles. The van der Waals surface area contributed by atoms with E-state index in [1.54, 1.807) is 7.05 Å². The van der Waals surface area contributed by atoms with Crippen molar-refractivity contribution < 1.29 is 0 Å². The quantitative estimate of drug-likeness (QED) is 0.456. The zero-order valence-electron chi connectivity index (χ0n) is 8.03. The van der Waals surface area contributed by atoms with Crippen molar-refractivity contribution in [2.45, 2.75) is 25.3 Å². The Labute approximate surface area is 78.8 Å². The highest BCUT2D eigenvalue weighted by Gasteiger charge is 2.65. The van der Waals surface area contributed by atoms with E-state index >= 15 is 0 Å². The van der Waals surface area contributed by atoms with Crippen molar-refractivity contribution in [1.29, 1.82) is 0 Å². The normalized spacial score (nSPS) is 52.1. The van der Waals surface area contributed by atoms with Crippen molar-refractivity contribution >= 4 is 5.96 Å². The Kier molecular flexibility index (Phi) is 1.41. The molecule has 2 bridgehead atoms. The second kappa shape index (κ2) is 2.40. The first-order valence-electron chi connectivity index (χ1n) is 5.30. The molecular formula is C10H17N3. The third kappa shape index (κ3) is 0.930. The molecule has 72 valence electrons. The SMILES string of the molecule is CN=C(N)NC1C2C3CCC(C3)C12. The molecule has 3 rings (SSSR count). The summed E-state index contributed by atoms with van der Waals surface area (Å²) in [5.41, 5.74) is 5.67. The second-order valence-electron chi connectivity index (χ2n) is 4.77. The van der Waals surface area contributed by atoms with Gasteiger partial charge in [0.25, 0.3) is 0 Å². The molecule has 0 amide bonds. The van der Waals surface area contributed by atoms with Gasteiger partial charge in [0.05, 0.1) is 0 Å². The van der Waals surface area contributed by atoms with Crippen LogP contribution in [0.25, 0.3) is 0 Å². The number of nitrogens with one attached hydrogen (secondary N) is 1. The highest BCUT2D eigenvalue weighted by molar-refractivity contribution is 5.78. The first-order valence-corrected chi connectivity index (χ1v) is 5.30. The average Bonchev–Trinajstić information content (AvgIpc) is 2.60. The van der Waals surface area contributed by atoms with Crippen LogP contribution < -0.4 is 11.1 Å². The molecule has 3 aliphatic carbocycles.